The molecule has 1 aromatic rings. The molecular formula is C9H16Cl2N2O. The van der Waals surface area contributed by atoms with Crippen molar-refractivity contribution in [2.24, 2.45) is 5.73 Å². The summed E-state index contributed by atoms with van der Waals surface area (Å²) in [5.74, 6) is 0.627. The molecule has 1 rings (SSSR count). The molecule has 0 aliphatic rings. The van der Waals surface area contributed by atoms with Gasteiger partial charge in [0.2, 0.25) is 5.88 Å². The Morgan fingerprint density at radius 3 is 2.43 bits per heavy atom. The molecule has 1 heterocycles. The largest absolute Gasteiger partial charge is 0.481 e. The molecule has 0 radical (unpaired) electrons. The van der Waals surface area contributed by atoms with Crippen LogP contribution in [-0.4, -0.2) is 12.1 Å². The van der Waals surface area contributed by atoms with Crippen LogP contribution in [0.15, 0.2) is 18.3 Å². The molecule has 0 unspecified atom stereocenters. The van der Waals surface area contributed by atoms with E-state index in [0.29, 0.717) is 5.88 Å². The first-order valence-electron chi connectivity index (χ1n) is 4.03. The van der Waals surface area contributed by atoms with E-state index in [-0.39, 0.29) is 30.9 Å². The minimum absolute atomic E-state index is 0. The Labute approximate surface area is 96.9 Å². The lowest BCUT2D eigenvalue weighted by Gasteiger charge is -2.08. The standard InChI is InChI=1S/C9H14N2O.2ClH/c1-3-8(10)7-4-5-9(12-2)11-6-7;;/h4-6,8H,3,10H2,1-2H3;2*1H/t8-;;/m1../s1. The first kappa shape index (κ1) is 15.9. The second-order valence-corrected chi connectivity index (χ2v) is 2.65. The minimum Gasteiger partial charge on any atom is -0.481 e. The van der Waals surface area contributed by atoms with Gasteiger partial charge in [-0.2, -0.15) is 0 Å². The topological polar surface area (TPSA) is 48.1 Å². The third kappa shape index (κ3) is 4.13. The van der Waals surface area contributed by atoms with Crippen LogP contribution < -0.4 is 10.5 Å². The number of hydrogen-bond acceptors (Lipinski definition) is 3. The number of halogens is 2. The number of hydrogen-bond donors (Lipinski definition) is 1. The lowest BCUT2D eigenvalue weighted by atomic mass is 10.1. The molecule has 0 aromatic carbocycles. The van der Waals surface area contributed by atoms with Crippen LogP contribution in [0, 0.1) is 0 Å². The van der Waals surface area contributed by atoms with Crippen LogP contribution in [0.25, 0.3) is 0 Å². The molecular weight excluding hydrogens is 223 g/mol. The Balaban J connectivity index is 0. The molecule has 2 N–H and O–H groups in total. The van der Waals surface area contributed by atoms with Crippen LogP contribution >= 0.6 is 24.8 Å². The van der Waals surface area contributed by atoms with Gasteiger partial charge in [-0.25, -0.2) is 4.98 Å². The highest BCUT2D eigenvalue weighted by atomic mass is 35.5. The summed E-state index contributed by atoms with van der Waals surface area (Å²) in [6.07, 6.45) is 2.68. The molecule has 1 atom stereocenters. The van der Waals surface area contributed by atoms with Gasteiger partial charge in [-0.15, -0.1) is 24.8 Å². The number of rotatable bonds is 3. The Morgan fingerprint density at radius 1 is 1.43 bits per heavy atom. The van der Waals surface area contributed by atoms with Gasteiger partial charge in [-0.1, -0.05) is 13.0 Å². The number of aromatic nitrogens is 1. The van der Waals surface area contributed by atoms with Crippen molar-refractivity contribution in [1.29, 1.82) is 0 Å². The predicted molar refractivity (Wildman–Crippen MR) is 62.5 cm³/mol. The fourth-order valence-electron chi connectivity index (χ4n) is 0.968. The van der Waals surface area contributed by atoms with Gasteiger partial charge in [0.1, 0.15) is 0 Å². The van der Waals surface area contributed by atoms with E-state index in [2.05, 4.69) is 11.9 Å². The third-order valence-corrected chi connectivity index (χ3v) is 1.84. The maximum Gasteiger partial charge on any atom is 0.212 e. The van der Waals surface area contributed by atoms with Gasteiger partial charge in [0.15, 0.2) is 0 Å². The Hall–Kier alpha value is -0.510. The average molecular weight is 239 g/mol. The van der Waals surface area contributed by atoms with Gasteiger partial charge in [0, 0.05) is 18.3 Å². The number of nitrogens with zero attached hydrogens (tertiary/aromatic N) is 1. The van der Waals surface area contributed by atoms with Crippen LogP contribution in [0.3, 0.4) is 0 Å². The summed E-state index contributed by atoms with van der Waals surface area (Å²) in [7, 11) is 1.60. The van der Waals surface area contributed by atoms with Crippen LogP contribution in [0.4, 0.5) is 0 Å². The summed E-state index contributed by atoms with van der Waals surface area (Å²) in [5.41, 5.74) is 6.86. The van der Waals surface area contributed by atoms with Crippen LogP contribution in [0.5, 0.6) is 5.88 Å². The number of ether oxygens (including phenoxy) is 1. The van der Waals surface area contributed by atoms with E-state index >= 15 is 0 Å². The van der Waals surface area contributed by atoms with Crippen LogP contribution in [0.1, 0.15) is 24.9 Å². The zero-order valence-electron chi connectivity index (χ0n) is 8.27. The number of nitrogens with two attached hydrogens (primary N) is 1. The Morgan fingerprint density at radius 2 is 2.07 bits per heavy atom. The molecule has 0 saturated heterocycles. The zero-order chi connectivity index (χ0) is 8.97. The second kappa shape index (κ2) is 7.85. The van der Waals surface area contributed by atoms with Crippen molar-refractivity contribution in [2.45, 2.75) is 19.4 Å². The SMILES string of the molecule is CC[C@@H](N)c1ccc(OC)nc1.Cl.Cl. The van der Waals surface area contributed by atoms with Crippen LogP contribution in [-0.2, 0) is 0 Å². The molecule has 0 spiro atoms. The highest BCUT2D eigenvalue weighted by molar-refractivity contribution is 5.85. The molecule has 0 aliphatic heterocycles. The van der Waals surface area contributed by atoms with E-state index in [1.807, 2.05) is 12.1 Å². The van der Waals surface area contributed by atoms with E-state index in [0.717, 1.165) is 12.0 Å². The van der Waals surface area contributed by atoms with Crippen molar-refractivity contribution < 1.29 is 4.74 Å². The molecule has 3 nitrogen and oxygen atoms in total. The van der Waals surface area contributed by atoms with Crippen molar-refractivity contribution in [1.82, 2.24) is 4.98 Å². The summed E-state index contributed by atoms with van der Waals surface area (Å²) < 4.78 is 4.93. The molecule has 82 valence electrons. The van der Waals surface area contributed by atoms with Gasteiger partial charge in [-0.3, -0.25) is 0 Å². The smallest absolute Gasteiger partial charge is 0.212 e. The molecule has 0 fully saturated rings. The van der Waals surface area contributed by atoms with Gasteiger partial charge in [0.05, 0.1) is 7.11 Å². The molecule has 1 aromatic heterocycles. The van der Waals surface area contributed by atoms with Crippen molar-refractivity contribution in [2.75, 3.05) is 7.11 Å². The summed E-state index contributed by atoms with van der Waals surface area (Å²) in [6, 6.07) is 3.86. The highest BCUT2D eigenvalue weighted by Crippen LogP contribution is 2.14. The second-order valence-electron chi connectivity index (χ2n) is 2.65. The average Bonchev–Trinajstić information content (AvgIpc) is 2.17. The van der Waals surface area contributed by atoms with E-state index in [4.69, 9.17) is 10.5 Å². The molecule has 14 heavy (non-hydrogen) atoms. The first-order valence-corrected chi connectivity index (χ1v) is 4.03. The van der Waals surface area contributed by atoms with Crippen molar-refractivity contribution in [3.05, 3.63) is 23.9 Å². The zero-order valence-corrected chi connectivity index (χ0v) is 9.90. The van der Waals surface area contributed by atoms with E-state index in [9.17, 15) is 0 Å². The van der Waals surface area contributed by atoms with Gasteiger partial charge in [0.25, 0.3) is 0 Å². The minimum atomic E-state index is 0. The maximum absolute atomic E-state index is 5.80. The highest BCUT2D eigenvalue weighted by Gasteiger charge is 2.02. The quantitative estimate of drug-likeness (QED) is 0.880. The molecule has 0 saturated carbocycles. The van der Waals surface area contributed by atoms with Crippen molar-refractivity contribution in [3.63, 3.8) is 0 Å². The molecule has 0 aliphatic carbocycles. The summed E-state index contributed by atoms with van der Waals surface area (Å²) in [6.45, 7) is 2.05. The fourth-order valence-corrected chi connectivity index (χ4v) is 0.968. The van der Waals surface area contributed by atoms with E-state index in [1.54, 1.807) is 13.3 Å². The Bertz CT molecular complexity index is 241. The number of methoxy groups -OCH3 is 1. The summed E-state index contributed by atoms with van der Waals surface area (Å²) in [4.78, 5) is 4.06. The third-order valence-electron chi connectivity index (χ3n) is 1.84. The lowest BCUT2D eigenvalue weighted by Crippen LogP contribution is -2.08. The first-order chi connectivity index (χ1) is 5.77. The van der Waals surface area contributed by atoms with Crippen molar-refractivity contribution in [3.8, 4) is 5.88 Å². The normalized spacial score (nSPS) is 10.8. The van der Waals surface area contributed by atoms with E-state index in [1.165, 1.54) is 0 Å². The summed E-state index contributed by atoms with van der Waals surface area (Å²) >= 11 is 0. The van der Waals surface area contributed by atoms with E-state index < -0.39 is 0 Å². The van der Waals surface area contributed by atoms with Gasteiger partial charge in [-0.05, 0) is 12.0 Å². The fraction of sp³-hybridized carbons (Fsp3) is 0.444. The summed E-state index contributed by atoms with van der Waals surface area (Å²) in [5, 5.41) is 0. The van der Waals surface area contributed by atoms with Crippen molar-refractivity contribution >= 4 is 24.8 Å². The monoisotopic (exact) mass is 238 g/mol. The van der Waals surface area contributed by atoms with Gasteiger partial charge >= 0.3 is 0 Å². The lowest BCUT2D eigenvalue weighted by molar-refractivity contribution is 0.397. The Kier molecular flexibility index (Phi) is 8.94. The molecule has 0 amide bonds. The predicted octanol–water partition coefficient (Wildman–Crippen LogP) is 2.34. The maximum atomic E-state index is 5.80. The number of pyridine rings is 1. The molecule has 5 heteroatoms. The van der Waals surface area contributed by atoms with Gasteiger partial charge < -0.3 is 10.5 Å². The molecule has 0 bridgehead atoms. The van der Waals surface area contributed by atoms with Crippen LogP contribution in [0.2, 0.25) is 0 Å².